The Bertz CT molecular complexity index is 548. The third-order valence-electron chi connectivity index (χ3n) is 2.92. The van der Waals surface area contributed by atoms with Crippen molar-refractivity contribution in [1.29, 1.82) is 0 Å². The summed E-state index contributed by atoms with van der Waals surface area (Å²) >= 11 is 2.90. The summed E-state index contributed by atoms with van der Waals surface area (Å²) in [6.45, 7) is 0. The lowest BCUT2D eigenvalue weighted by atomic mass is 10.1. The highest BCUT2D eigenvalue weighted by Crippen LogP contribution is 2.25. The summed E-state index contributed by atoms with van der Waals surface area (Å²) in [5.74, 6) is -0.935. The van der Waals surface area contributed by atoms with E-state index in [2.05, 4.69) is 21.2 Å². The van der Waals surface area contributed by atoms with Crippen LogP contribution in [-0.2, 0) is 9.84 Å². The zero-order chi connectivity index (χ0) is 13.3. The fraction of sp³-hybridized carbons (Fsp3) is 0.455. The maximum absolute atomic E-state index is 13.6. The van der Waals surface area contributed by atoms with Crippen molar-refractivity contribution in [2.45, 2.75) is 18.9 Å². The van der Waals surface area contributed by atoms with E-state index in [0.717, 1.165) is 12.1 Å². The molecule has 1 aliphatic heterocycles. The number of hydrogen-bond donors (Lipinski definition) is 1. The Kier molecular flexibility index (Phi) is 3.91. The van der Waals surface area contributed by atoms with E-state index in [0.29, 0.717) is 12.8 Å². The van der Waals surface area contributed by atoms with Crippen LogP contribution < -0.4 is 5.32 Å². The maximum atomic E-state index is 13.6. The zero-order valence-electron chi connectivity index (χ0n) is 9.42. The molecule has 0 radical (unpaired) electrons. The van der Waals surface area contributed by atoms with Crippen molar-refractivity contribution < 1.29 is 17.2 Å². The Morgan fingerprint density at radius 1 is 1.17 bits per heavy atom. The first-order valence-corrected chi connectivity index (χ1v) is 8.10. The minimum absolute atomic E-state index is 0.0665. The summed E-state index contributed by atoms with van der Waals surface area (Å²) in [5, 5.41) is 2.85. The first kappa shape index (κ1) is 13.7. The van der Waals surface area contributed by atoms with Gasteiger partial charge in [0.05, 0.1) is 21.7 Å². The number of anilines is 1. The molecule has 1 fully saturated rings. The summed E-state index contributed by atoms with van der Waals surface area (Å²) < 4.78 is 49.4. The van der Waals surface area contributed by atoms with E-state index in [1.807, 2.05) is 0 Å². The van der Waals surface area contributed by atoms with Gasteiger partial charge in [-0.3, -0.25) is 0 Å². The fourth-order valence-electron chi connectivity index (χ4n) is 1.89. The number of hydrogen-bond acceptors (Lipinski definition) is 3. The van der Waals surface area contributed by atoms with Crippen molar-refractivity contribution in [1.82, 2.24) is 0 Å². The van der Waals surface area contributed by atoms with Gasteiger partial charge in [-0.15, -0.1) is 0 Å². The van der Waals surface area contributed by atoms with Crippen LogP contribution in [0.1, 0.15) is 12.8 Å². The molecule has 1 heterocycles. The monoisotopic (exact) mass is 339 g/mol. The summed E-state index contributed by atoms with van der Waals surface area (Å²) in [5.41, 5.74) is 0.0694. The lowest BCUT2D eigenvalue weighted by Gasteiger charge is -2.24. The number of nitrogens with one attached hydrogen (secondary N) is 1. The van der Waals surface area contributed by atoms with Crippen LogP contribution in [0, 0.1) is 11.6 Å². The first-order valence-electron chi connectivity index (χ1n) is 5.49. The minimum atomic E-state index is -2.95. The van der Waals surface area contributed by atoms with Crippen LogP contribution in [0.25, 0.3) is 0 Å². The molecular weight excluding hydrogens is 328 g/mol. The third kappa shape index (κ3) is 3.20. The van der Waals surface area contributed by atoms with Gasteiger partial charge in [0.25, 0.3) is 0 Å². The van der Waals surface area contributed by atoms with Gasteiger partial charge >= 0.3 is 0 Å². The second-order valence-electron chi connectivity index (χ2n) is 4.32. The van der Waals surface area contributed by atoms with Gasteiger partial charge in [-0.2, -0.15) is 0 Å². The average Bonchev–Trinajstić information content (AvgIpc) is 2.28. The highest BCUT2D eigenvalue weighted by Gasteiger charge is 2.24. The van der Waals surface area contributed by atoms with Crippen LogP contribution in [0.4, 0.5) is 14.5 Å². The van der Waals surface area contributed by atoms with Crippen LogP contribution in [0.3, 0.4) is 0 Å². The summed E-state index contributed by atoms with van der Waals surface area (Å²) in [6.07, 6.45) is 0.832. The third-order valence-corrected chi connectivity index (χ3v) is 5.25. The van der Waals surface area contributed by atoms with E-state index in [1.165, 1.54) is 0 Å². The second-order valence-corrected chi connectivity index (χ2v) is 7.47. The zero-order valence-corrected chi connectivity index (χ0v) is 11.8. The molecule has 7 heteroatoms. The first-order chi connectivity index (χ1) is 8.37. The molecule has 100 valence electrons. The van der Waals surface area contributed by atoms with Gasteiger partial charge in [0.1, 0.15) is 21.5 Å². The molecule has 3 nitrogen and oxygen atoms in total. The van der Waals surface area contributed by atoms with Gasteiger partial charge in [0.15, 0.2) is 0 Å². The molecule has 1 N–H and O–H groups in total. The Morgan fingerprint density at radius 2 is 1.78 bits per heavy atom. The highest BCUT2D eigenvalue weighted by molar-refractivity contribution is 9.10. The van der Waals surface area contributed by atoms with E-state index in [1.54, 1.807) is 0 Å². The lowest BCUT2D eigenvalue weighted by Crippen LogP contribution is -2.32. The number of benzene rings is 1. The summed E-state index contributed by atoms with van der Waals surface area (Å²) in [4.78, 5) is 0. The standard InChI is InChI=1S/C11H12BrF2NO2S/c12-8-5-10(14)11(6-9(8)13)15-7-1-3-18(16,17)4-2-7/h5-7,15H,1-4H2. The topological polar surface area (TPSA) is 46.2 Å². The predicted molar refractivity (Wildman–Crippen MR) is 69.4 cm³/mol. The Hall–Kier alpha value is -0.690. The van der Waals surface area contributed by atoms with Crippen LogP contribution in [0.2, 0.25) is 0 Å². The van der Waals surface area contributed by atoms with Crippen LogP contribution in [0.5, 0.6) is 0 Å². The van der Waals surface area contributed by atoms with E-state index in [9.17, 15) is 17.2 Å². The molecule has 0 saturated carbocycles. The van der Waals surface area contributed by atoms with Crippen LogP contribution >= 0.6 is 15.9 Å². The molecule has 1 saturated heterocycles. The summed E-state index contributed by atoms with van der Waals surface area (Å²) in [6, 6.07) is 1.99. The van der Waals surface area contributed by atoms with E-state index >= 15 is 0 Å². The molecule has 0 amide bonds. The van der Waals surface area contributed by atoms with Gasteiger partial charge in [-0.1, -0.05) is 0 Å². The van der Waals surface area contributed by atoms with Crippen LogP contribution in [-0.4, -0.2) is 26.0 Å². The fourth-order valence-corrected chi connectivity index (χ4v) is 3.69. The SMILES string of the molecule is O=S1(=O)CCC(Nc2cc(F)c(Br)cc2F)CC1. The van der Waals surface area contributed by atoms with Crippen molar-refractivity contribution in [3.05, 3.63) is 28.2 Å². The normalized spacial score (nSPS) is 19.7. The van der Waals surface area contributed by atoms with Gasteiger partial charge < -0.3 is 5.32 Å². The minimum Gasteiger partial charge on any atom is -0.380 e. The van der Waals surface area contributed by atoms with Gasteiger partial charge in [0.2, 0.25) is 0 Å². The van der Waals surface area contributed by atoms with Crippen molar-refractivity contribution >= 4 is 31.5 Å². The number of rotatable bonds is 2. The molecule has 0 unspecified atom stereocenters. The quantitative estimate of drug-likeness (QED) is 0.842. The maximum Gasteiger partial charge on any atom is 0.150 e. The van der Waals surface area contributed by atoms with Crippen molar-refractivity contribution in [2.24, 2.45) is 0 Å². The molecule has 0 aliphatic carbocycles. The van der Waals surface area contributed by atoms with E-state index in [4.69, 9.17) is 0 Å². The van der Waals surface area contributed by atoms with Gasteiger partial charge in [0, 0.05) is 12.1 Å². The van der Waals surface area contributed by atoms with E-state index in [-0.39, 0.29) is 27.7 Å². The molecule has 0 aromatic heterocycles. The van der Waals surface area contributed by atoms with Crippen LogP contribution in [0.15, 0.2) is 16.6 Å². The molecule has 2 rings (SSSR count). The molecule has 1 aromatic rings. The smallest absolute Gasteiger partial charge is 0.150 e. The summed E-state index contributed by atoms with van der Waals surface area (Å²) in [7, 11) is -2.95. The van der Waals surface area contributed by atoms with Crippen molar-refractivity contribution in [3.8, 4) is 0 Å². The Labute approximate surface area is 113 Å². The Balaban J connectivity index is 2.09. The van der Waals surface area contributed by atoms with Gasteiger partial charge in [-0.25, -0.2) is 17.2 Å². The molecule has 18 heavy (non-hydrogen) atoms. The van der Waals surface area contributed by atoms with Crippen molar-refractivity contribution in [3.63, 3.8) is 0 Å². The lowest BCUT2D eigenvalue weighted by molar-refractivity contribution is 0.555. The van der Waals surface area contributed by atoms with Gasteiger partial charge in [-0.05, 0) is 34.8 Å². The molecular formula is C11H12BrF2NO2S. The number of sulfone groups is 1. The van der Waals surface area contributed by atoms with E-state index < -0.39 is 21.5 Å². The van der Waals surface area contributed by atoms with Crippen molar-refractivity contribution in [2.75, 3.05) is 16.8 Å². The molecule has 0 bridgehead atoms. The molecule has 0 spiro atoms. The second kappa shape index (κ2) is 5.13. The largest absolute Gasteiger partial charge is 0.380 e. The Morgan fingerprint density at radius 3 is 2.39 bits per heavy atom. The average molecular weight is 340 g/mol. The molecule has 0 atom stereocenters. The highest BCUT2D eigenvalue weighted by atomic mass is 79.9. The molecule has 1 aromatic carbocycles. The number of halogens is 3. The predicted octanol–water partition coefficient (Wildman–Crippen LogP) is 2.72. The molecule has 1 aliphatic rings.